The minimum absolute atomic E-state index is 0. The van der Waals surface area contributed by atoms with E-state index >= 15 is 0 Å². The van der Waals surface area contributed by atoms with E-state index in [1.807, 2.05) is 13.8 Å². The van der Waals surface area contributed by atoms with Crippen LogP contribution in [0.4, 0.5) is 4.39 Å². The molecule has 1 fully saturated rings. The summed E-state index contributed by atoms with van der Waals surface area (Å²) < 4.78 is 12.9. The lowest BCUT2D eigenvalue weighted by atomic mass is 9.94. The fraction of sp³-hybridized carbons (Fsp3) is 0.562. The van der Waals surface area contributed by atoms with E-state index in [4.69, 9.17) is 5.73 Å². The van der Waals surface area contributed by atoms with Gasteiger partial charge in [-0.3, -0.25) is 4.79 Å². The average molecular weight is 345 g/mol. The topological polar surface area (TPSA) is 79.2 Å². The fourth-order valence-corrected chi connectivity index (χ4v) is 2.53. The van der Waals surface area contributed by atoms with Crippen LogP contribution in [0.3, 0.4) is 0 Å². The molecule has 0 spiro atoms. The molecule has 1 saturated heterocycles. The van der Waals surface area contributed by atoms with Gasteiger partial charge in [0.25, 0.3) is 0 Å². The Morgan fingerprint density at radius 3 is 2.48 bits per heavy atom. The van der Waals surface area contributed by atoms with Gasteiger partial charge in [0, 0.05) is 18.1 Å². The number of halogens is 2. The number of hydrogen-bond acceptors (Lipinski definition) is 4. The van der Waals surface area contributed by atoms with Crippen LogP contribution < -0.4 is 21.9 Å². The van der Waals surface area contributed by atoms with Crippen LogP contribution >= 0.6 is 12.4 Å². The van der Waals surface area contributed by atoms with Crippen LogP contribution in [-0.4, -0.2) is 24.0 Å². The summed E-state index contributed by atoms with van der Waals surface area (Å²) in [6, 6.07) is 6.00. The number of nitrogens with one attached hydrogen (secondary N) is 3. The predicted molar refractivity (Wildman–Crippen MR) is 91.6 cm³/mol. The third-order valence-corrected chi connectivity index (χ3v) is 4.51. The Labute approximate surface area is 143 Å². The number of hydrazine groups is 1. The lowest BCUT2D eigenvalue weighted by molar-refractivity contribution is -0.123. The van der Waals surface area contributed by atoms with Gasteiger partial charge in [0.05, 0.1) is 0 Å². The summed E-state index contributed by atoms with van der Waals surface area (Å²) in [6.07, 6.45) is 2.25. The summed E-state index contributed by atoms with van der Waals surface area (Å²) in [5.74, 6) is -0.323. The highest BCUT2D eigenvalue weighted by molar-refractivity contribution is 5.85. The molecule has 1 amide bonds. The highest BCUT2D eigenvalue weighted by atomic mass is 35.5. The molecule has 1 aromatic rings. The van der Waals surface area contributed by atoms with Crippen molar-refractivity contribution in [1.29, 1.82) is 0 Å². The monoisotopic (exact) mass is 344 g/mol. The molecule has 0 saturated carbocycles. The van der Waals surface area contributed by atoms with E-state index in [1.165, 1.54) is 12.1 Å². The molecule has 5 N–H and O–H groups in total. The van der Waals surface area contributed by atoms with Gasteiger partial charge < -0.3 is 11.1 Å². The molecule has 2 atom stereocenters. The van der Waals surface area contributed by atoms with Crippen LogP contribution in [0.2, 0.25) is 0 Å². The summed E-state index contributed by atoms with van der Waals surface area (Å²) in [5.41, 5.74) is 12.9. The van der Waals surface area contributed by atoms with E-state index < -0.39 is 0 Å². The largest absolute Gasteiger partial charge is 0.353 e. The Bertz CT molecular complexity index is 507. The SMILES string of the molecule is CCC(N)(CC)CNC(=O)C1CC(c2ccc(F)cc2)NN1.Cl. The minimum Gasteiger partial charge on any atom is -0.353 e. The molecule has 1 aromatic carbocycles. The standard InChI is InChI=1S/C16H25FN4O.ClH/c1-3-16(18,4-2)10-19-15(22)14-9-13(20-21-14)11-5-7-12(17)8-6-11;/h5-8,13-14,20-21H,3-4,9-10,18H2,1-2H3,(H,19,22);1H. The zero-order chi connectivity index (χ0) is 16.2. The molecular formula is C16H26ClFN4O. The number of amides is 1. The van der Waals surface area contributed by atoms with E-state index in [1.54, 1.807) is 12.1 Å². The van der Waals surface area contributed by atoms with Crippen molar-refractivity contribution in [3.05, 3.63) is 35.6 Å². The van der Waals surface area contributed by atoms with Gasteiger partial charge in [0.2, 0.25) is 5.91 Å². The third kappa shape index (κ3) is 5.14. The fourth-order valence-electron chi connectivity index (χ4n) is 2.53. The van der Waals surface area contributed by atoms with Crippen molar-refractivity contribution in [1.82, 2.24) is 16.2 Å². The highest BCUT2D eigenvalue weighted by Gasteiger charge is 2.31. The second-order valence-corrected chi connectivity index (χ2v) is 5.97. The van der Waals surface area contributed by atoms with Crippen molar-refractivity contribution < 1.29 is 9.18 Å². The molecule has 5 nitrogen and oxygen atoms in total. The average Bonchev–Trinajstić information content (AvgIpc) is 3.03. The summed E-state index contributed by atoms with van der Waals surface area (Å²) >= 11 is 0. The van der Waals surface area contributed by atoms with E-state index in [0.29, 0.717) is 13.0 Å². The molecule has 2 unspecified atom stereocenters. The minimum atomic E-state index is -0.349. The zero-order valence-electron chi connectivity index (χ0n) is 13.6. The highest BCUT2D eigenvalue weighted by Crippen LogP contribution is 2.22. The van der Waals surface area contributed by atoms with Gasteiger partial charge in [0.1, 0.15) is 11.9 Å². The van der Waals surface area contributed by atoms with Gasteiger partial charge >= 0.3 is 0 Å². The summed E-state index contributed by atoms with van der Waals surface area (Å²) in [4.78, 5) is 12.2. The van der Waals surface area contributed by atoms with Gasteiger partial charge in [-0.1, -0.05) is 26.0 Å². The maximum absolute atomic E-state index is 12.9. The lowest BCUT2D eigenvalue weighted by Gasteiger charge is -2.27. The molecule has 23 heavy (non-hydrogen) atoms. The van der Waals surface area contributed by atoms with Gasteiger partial charge in [-0.25, -0.2) is 15.2 Å². The van der Waals surface area contributed by atoms with E-state index in [2.05, 4.69) is 16.2 Å². The second kappa shape index (κ2) is 8.59. The molecule has 0 aliphatic carbocycles. The van der Waals surface area contributed by atoms with Crippen LogP contribution in [0.5, 0.6) is 0 Å². The molecule has 1 aliphatic heterocycles. The van der Waals surface area contributed by atoms with Gasteiger partial charge in [-0.15, -0.1) is 12.4 Å². The first kappa shape index (κ1) is 19.8. The van der Waals surface area contributed by atoms with Crippen LogP contribution in [0.1, 0.15) is 44.7 Å². The normalized spacial score (nSPS) is 20.9. The molecule has 0 bridgehead atoms. The molecule has 7 heteroatoms. The van der Waals surface area contributed by atoms with Gasteiger partial charge in [-0.05, 0) is 37.0 Å². The van der Waals surface area contributed by atoms with Crippen LogP contribution in [0, 0.1) is 5.82 Å². The first-order chi connectivity index (χ1) is 10.5. The summed E-state index contributed by atoms with van der Waals surface area (Å²) in [5, 5.41) is 2.92. The van der Waals surface area contributed by atoms with Crippen LogP contribution in [-0.2, 0) is 4.79 Å². The van der Waals surface area contributed by atoms with E-state index in [9.17, 15) is 9.18 Å². The summed E-state index contributed by atoms with van der Waals surface area (Å²) in [7, 11) is 0. The lowest BCUT2D eigenvalue weighted by Crippen LogP contribution is -2.52. The Hall–Kier alpha value is -1.21. The Balaban J connectivity index is 0.00000264. The smallest absolute Gasteiger partial charge is 0.238 e. The van der Waals surface area contributed by atoms with E-state index in [-0.39, 0.29) is 41.8 Å². The molecule has 1 heterocycles. The first-order valence-electron chi connectivity index (χ1n) is 7.80. The molecule has 2 rings (SSSR count). The molecular weight excluding hydrogens is 319 g/mol. The van der Waals surface area contributed by atoms with Crippen molar-refractivity contribution >= 4 is 18.3 Å². The second-order valence-electron chi connectivity index (χ2n) is 5.97. The van der Waals surface area contributed by atoms with Crippen molar-refractivity contribution in [3.63, 3.8) is 0 Å². The number of carbonyl (C=O) groups excluding carboxylic acids is 1. The quantitative estimate of drug-likeness (QED) is 0.634. The Kier molecular flexibility index (Phi) is 7.41. The van der Waals surface area contributed by atoms with Gasteiger partial charge in [-0.2, -0.15) is 0 Å². The Morgan fingerprint density at radius 2 is 1.91 bits per heavy atom. The van der Waals surface area contributed by atoms with Crippen molar-refractivity contribution in [3.8, 4) is 0 Å². The summed E-state index contributed by atoms with van der Waals surface area (Å²) in [6.45, 7) is 4.52. The zero-order valence-corrected chi connectivity index (χ0v) is 14.4. The van der Waals surface area contributed by atoms with Crippen LogP contribution in [0.25, 0.3) is 0 Å². The maximum atomic E-state index is 12.9. The van der Waals surface area contributed by atoms with Crippen molar-refractivity contribution in [2.75, 3.05) is 6.54 Å². The van der Waals surface area contributed by atoms with Crippen molar-refractivity contribution in [2.45, 2.75) is 50.7 Å². The number of hydrogen-bond donors (Lipinski definition) is 4. The first-order valence-corrected chi connectivity index (χ1v) is 7.80. The molecule has 0 radical (unpaired) electrons. The van der Waals surface area contributed by atoms with Crippen LogP contribution in [0.15, 0.2) is 24.3 Å². The third-order valence-electron chi connectivity index (χ3n) is 4.51. The molecule has 130 valence electrons. The van der Waals surface area contributed by atoms with Crippen molar-refractivity contribution in [2.24, 2.45) is 5.73 Å². The number of benzene rings is 1. The number of rotatable bonds is 6. The predicted octanol–water partition coefficient (Wildman–Crippen LogP) is 1.79. The van der Waals surface area contributed by atoms with E-state index in [0.717, 1.165) is 18.4 Å². The number of nitrogens with two attached hydrogens (primary N) is 1. The number of carbonyl (C=O) groups is 1. The molecule has 1 aliphatic rings. The maximum Gasteiger partial charge on any atom is 0.238 e. The Morgan fingerprint density at radius 1 is 1.30 bits per heavy atom. The molecule has 0 aromatic heterocycles. The van der Waals surface area contributed by atoms with Gasteiger partial charge in [0.15, 0.2) is 0 Å².